The summed E-state index contributed by atoms with van der Waals surface area (Å²) in [7, 11) is -4.27. The number of rotatable bonds is 5. The Kier molecular flexibility index (Phi) is 6.11. The molecule has 12 heteroatoms. The number of alkyl halides is 3. The van der Waals surface area contributed by atoms with Gasteiger partial charge >= 0.3 is 6.18 Å². The molecule has 0 amide bonds. The normalized spacial score (nSPS) is 20.0. The highest BCUT2D eigenvalue weighted by atomic mass is 32.2. The van der Waals surface area contributed by atoms with Gasteiger partial charge in [-0.15, -0.1) is 0 Å². The van der Waals surface area contributed by atoms with Crippen molar-refractivity contribution in [2.75, 3.05) is 22.7 Å². The quantitative estimate of drug-likeness (QED) is 0.486. The van der Waals surface area contributed by atoms with Crippen molar-refractivity contribution in [3.63, 3.8) is 0 Å². The third-order valence-corrected chi connectivity index (χ3v) is 7.78. The Morgan fingerprint density at radius 3 is 2.56 bits per heavy atom. The number of nitrogens with zero attached hydrogens (tertiary/aromatic N) is 3. The predicted molar refractivity (Wildman–Crippen MR) is 127 cm³/mol. The van der Waals surface area contributed by atoms with Crippen molar-refractivity contribution in [2.45, 2.75) is 43.1 Å². The number of halogens is 4. The van der Waals surface area contributed by atoms with E-state index < -0.39 is 33.3 Å². The summed E-state index contributed by atoms with van der Waals surface area (Å²) in [6, 6.07) is 10.2. The van der Waals surface area contributed by atoms with Crippen molar-refractivity contribution in [3.8, 4) is 11.3 Å². The average Bonchev–Trinajstić information content (AvgIpc) is 2.85. The number of aromatic nitrogens is 2. The van der Waals surface area contributed by atoms with Crippen LogP contribution in [-0.2, 0) is 16.2 Å². The summed E-state index contributed by atoms with van der Waals surface area (Å²) in [6.45, 7) is 3.02. The fourth-order valence-electron chi connectivity index (χ4n) is 4.69. The lowest BCUT2D eigenvalue weighted by atomic mass is 9.93. The second kappa shape index (κ2) is 9.00. The molecule has 2 atom stereocenters. The van der Waals surface area contributed by atoms with Gasteiger partial charge in [0.15, 0.2) is 5.03 Å². The minimum absolute atomic E-state index is 0.0859. The van der Waals surface area contributed by atoms with Crippen LogP contribution in [0.4, 0.5) is 29.2 Å². The fourth-order valence-corrected chi connectivity index (χ4v) is 5.66. The molecule has 190 valence electrons. The van der Waals surface area contributed by atoms with Crippen molar-refractivity contribution in [1.82, 2.24) is 15.3 Å². The minimum Gasteiger partial charge on any atom is -0.351 e. The molecule has 2 aromatic heterocycles. The van der Waals surface area contributed by atoms with Crippen molar-refractivity contribution in [1.29, 1.82) is 0 Å². The molecule has 7 nitrogen and oxygen atoms in total. The third kappa shape index (κ3) is 4.74. The Morgan fingerprint density at radius 2 is 1.89 bits per heavy atom. The summed E-state index contributed by atoms with van der Waals surface area (Å²) < 4.78 is 83.4. The maximum atomic E-state index is 13.9. The molecule has 3 aliphatic rings. The smallest absolute Gasteiger partial charge is 0.351 e. The molecule has 3 aliphatic heterocycles. The van der Waals surface area contributed by atoms with Crippen LogP contribution >= 0.6 is 0 Å². The molecule has 6 rings (SSSR count). The Bertz CT molecular complexity index is 1410. The van der Waals surface area contributed by atoms with Crippen molar-refractivity contribution < 1.29 is 26.0 Å². The summed E-state index contributed by atoms with van der Waals surface area (Å²) in [5.41, 5.74) is -1.40. The number of sulfonamides is 1. The molecule has 36 heavy (non-hydrogen) atoms. The van der Waals surface area contributed by atoms with Gasteiger partial charge in [-0.05, 0) is 61.7 Å². The van der Waals surface area contributed by atoms with E-state index in [1.54, 1.807) is 12.1 Å². The number of aryl methyl sites for hydroxylation is 1. The number of benzene rings is 1. The van der Waals surface area contributed by atoms with Crippen LogP contribution in [0, 0.1) is 12.7 Å². The first-order valence-corrected chi connectivity index (χ1v) is 12.8. The van der Waals surface area contributed by atoms with Gasteiger partial charge in [0.05, 0.1) is 11.3 Å². The predicted octanol–water partition coefficient (Wildman–Crippen LogP) is 4.35. The molecule has 2 unspecified atom stereocenters. The van der Waals surface area contributed by atoms with Gasteiger partial charge in [-0.2, -0.15) is 21.6 Å². The molecule has 3 saturated heterocycles. The van der Waals surface area contributed by atoms with Crippen LogP contribution in [0.1, 0.15) is 24.0 Å². The number of anilines is 2. The van der Waals surface area contributed by atoms with Crippen LogP contribution in [-0.4, -0.2) is 43.6 Å². The number of hydrogen-bond acceptors (Lipinski definition) is 6. The molecule has 2 bridgehead atoms. The lowest BCUT2D eigenvalue weighted by Crippen LogP contribution is -2.61. The first-order valence-electron chi connectivity index (χ1n) is 11.4. The van der Waals surface area contributed by atoms with E-state index in [2.05, 4.69) is 24.9 Å². The van der Waals surface area contributed by atoms with Crippen LogP contribution in [0.15, 0.2) is 53.6 Å². The standard InChI is InChI=1S/C24H23F4N5O2S/c1-14-5-6-15(25)11-18(14)23-19(24(26,27)28)9-10-20(30-23)32-36(34,35)22-4-2-3-21(31-22)33-13-16-7-8-17(33)12-29-16/h2-6,9-11,16-17,29H,7-8,12-13H2,1H3,(H,30,32). The van der Waals surface area contributed by atoms with E-state index in [9.17, 15) is 26.0 Å². The largest absolute Gasteiger partial charge is 0.418 e. The fraction of sp³-hybridized carbons (Fsp3) is 0.333. The zero-order valence-corrected chi connectivity index (χ0v) is 20.0. The van der Waals surface area contributed by atoms with Gasteiger partial charge in [-0.25, -0.2) is 14.4 Å². The number of nitrogens with one attached hydrogen (secondary N) is 2. The maximum absolute atomic E-state index is 13.9. The summed E-state index contributed by atoms with van der Waals surface area (Å²) in [5, 5.41) is 3.15. The molecule has 0 aliphatic carbocycles. The second-order valence-corrected chi connectivity index (χ2v) is 10.6. The number of fused-ring (bicyclic) bond motifs is 3. The summed E-state index contributed by atoms with van der Waals surface area (Å²) >= 11 is 0. The first-order chi connectivity index (χ1) is 17.0. The number of piperazine rings is 1. The van der Waals surface area contributed by atoms with E-state index in [4.69, 9.17) is 0 Å². The van der Waals surface area contributed by atoms with E-state index in [1.807, 2.05) is 0 Å². The Morgan fingerprint density at radius 1 is 1.08 bits per heavy atom. The van der Waals surface area contributed by atoms with E-state index >= 15 is 0 Å². The van der Waals surface area contributed by atoms with Gasteiger partial charge in [0.25, 0.3) is 10.0 Å². The van der Waals surface area contributed by atoms with Crippen LogP contribution < -0.4 is 14.9 Å². The summed E-state index contributed by atoms with van der Waals surface area (Å²) in [5.74, 6) is -0.556. The van der Waals surface area contributed by atoms with E-state index in [0.29, 0.717) is 24.0 Å². The van der Waals surface area contributed by atoms with Gasteiger partial charge < -0.3 is 10.2 Å². The van der Waals surface area contributed by atoms with Crippen LogP contribution in [0.5, 0.6) is 0 Å². The van der Waals surface area contributed by atoms with Crippen LogP contribution in [0.25, 0.3) is 11.3 Å². The number of hydrogen-bond donors (Lipinski definition) is 2. The molecule has 3 fully saturated rings. The monoisotopic (exact) mass is 521 g/mol. The van der Waals surface area contributed by atoms with Crippen molar-refractivity contribution in [2.24, 2.45) is 0 Å². The lowest BCUT2D eigenvalue weighted by Gasteiger charge is -2.46. The van der Waals surface area contributed by atoms with Gasteiger partial charge in [0, 0.05) is 30.7 Å². The third-order valence-electron chi connectivity index (χ3n) is 6.52. The molecule has 0 saturated carbocycles. The molecule has 0 radical (unpaired) electrons. The van der Waals surface area contributed by atoms with Gasteiger partial charge in [-0.1, -0.05) is 12.1 Å². The topological polar surface area (TPSA) is 87.2 Å². The minimum atomic E-state index is -4.78. The highest BCUT2D eigenvalue weighted by Crippen LogP contribution is 2.38. The van der Waals surface area contributed by atoms with Gasteiger partial charge in [0.1, 0.15) is 17.5 Å². The Balaban J connectivity index is 1.49. The highest BCUT2D eigenvalue weighted by Gasteiger charge is 2.36. The number of piperidine rings is 2. The molecule has 0 spiro atoms. The van der Waals surface area contributed by atoms with Crippen LogP contribution in [0.3, 0.4) is 0 Å². The Hall–Kier alpha value is -3.25. The van der Waals surface area contributed by atoms with E-state index in [1.165, 1.54) is 19.1 Å². The Labute approximate surface area is 205 Å². The van der Waals surface area contributed by atoms with Crippen LogP contribution in [0.2, 0.25) is 0 Å². The average molecular weight is 522 g/mol. The molecule has 2 N–H and O–H groups in total. The second-order valence-electron chi connectivity index (χ2n) is 8.98. The molecular weight excluding hydrogens is 498 g/mol. The molecule has 5 heterocycles. The molecule has 1 aromatic carbocycles. The highest BCUT2D eigenvalue weighted by molar-refractivity contribution is 7.92. The zero-order valence-electron chi connectivity index (χ0n) is 19.2. The van der Waals surface area contributed by atoms with E-state index in [-0.39, 0.29) is 22.4 Å². The summed E-state index contributed by atoms with van der Waals surface area (Å²) in [4.78, 5) is 10.4. The zero-order chi connectivity index (χ0) is 25.7. The summed E-state index contributed by atoms with van der Waals surface area (Å²) in [6.07, 6.45) is -2.75. The molecule has 3 aromatic rings. The van der Waals surface area contributed by atoms with Gasteiger partial charge in [0.2, 0.25) is 0 Å². The number of pyridine rings is 2. The molecular formula is C24H23F4N5O2S. The lowest BCUT2D eigenvalue weighted by molar-refractivity contribution is -0.137. The van der Waals surface area contributed by atoms with E-state index in [0.717, 1.165) is 43.7 Å². The first kappa shape index (κ1) is 24.4. The maximum Gasteiger partial charge on any atom is 0.418 e. The van der Waals surface area contributed by atoms with Gasteiger partial charge in [-0.3, -0.25) is 4.72 Å². The van der Waals surface area contributed by atoms with Crippen molar-refractivity contribution in [3.05, 3.63) is 65.5 Å². The van der Waals surface area contributed by atoms with Crippen molar-refractivity contribution >= 4 is 21.7 Å². The SMILES string of the molecule is Cc1ccc(F)cc1-c1nc(NS(=O)(=O)c2cccc(N3CC4CCC3CN4)n2)ccc1C(F)(F)F.